The second kappa shape index (κ2) is 8.59. The molecule has 1 aliphatic rings. The number of carbonyl (C=O) groups is 2. The Morgan fingerprint density at radius 3 is 2.70 bits per heavy atom. The SMILES string of the molecule is COc1cccc(C(=O)Nc2cccc(C3SCC(=O)N3c3ccccc3F)c2)c1. The molecule has 30 heavy (non-hydrogen) atoms. The first kappa shape index (κ1) is 20.0. The highest BCUT2D eigenvalue weighted by Gasteiger charge is 2.35. The van der Waals surface area contributed by atoms with E-state index in [-0.39, 0.29) is 28.6 Å². The summed E-state index contributed by atoms with van der Waals surface area (Å²) in [6, 6.07) is 20.4. The van der Waals surface area contributed by atoms with Gasteiger partial charge in [0.2, 0.25) is 5.91 Å². The number of anilines is 2. The predicted octanol–water partition coefficient (Wildman–Crippen LogP) is 4.87. The first-order chi connectivity index (χ1) is 14.6. The molecule has 1 aliphatic heterocycles. The maximum Gasteiger partial charge on any atom is 0.255 e. The van der Waals surface area contributed by atoms with Crippen molar-refractivity contribution in [3.8, 4) is 5.75 Å². The molecule has 1 unspecified atom stereocenters. The van der Waals surface area contributed by atoms with Gasteiger partial charge in [-0.2, -0.15) is 0 Å². The Morgan fingerprint density at radius 2 is 1.90 bits per heavy atom. The number of amides is 2. The Labute approximate surface area is 177 Å². The van der Waals surface area contributed by atoms with Gasteiger partial charge in [0.15, 0.2) is 0 Å². The van der Waals surface area contributed by atoms with E-state index in [9.17, 15) is 14.0 Å². The Hall–Kier alpha value is -3.32. The number of rotatable bonds is 5. The van der Waals surface area contributed by atoms with Crippen LogP contribution in [0.3, 0.4) is 0 Å². The summed E-state index contributed by atoms with van der Waals surface area (Å²) in [7, 11) is 1.54. The lowest BCUT2D eigenvalue weighted by Gasteiger charge is -2.25. The second-order valence-corrected chi connectivity index (χ2v) is 7.76. The van der Waals surface area contributed by atoms with Crippen molar-refractivity contribution in [2.75, 3.05) is 23.1 Å². The van der Waals surface area contributed by atoms with Crippen molar-refractivity contribution in [2.45, 2.75) is 5.37 Å². The van der Waals surface area contributed by atoms with E-state index in [0.717, 1.165) is 5.56 Å². The molecule has 5 nitrogen and oxygen atoms in total. The lowest BCUT2D eigenvalue weighted by atomic mass is 10.1. The number of thioether (sulfide) groups is 1. The molecule has 152 valence electrons. The third kappa shape index (κ3) is 4.02. The summed E-state index contributed by atoms with van der Waals surface area (Å²) in [5, 5.41) is 2.50. The zero-order valence-electron chi connectivity index (χ0n) is 16.2. The lowest BCUT2D eigenvalue weighted by Crippen LogP contribution is -2.28. The lowest BCUT2D eigenvalue weighted by molar-refractivity contribution is -0.115. The number of hydrogen-bond donors (Lipinski definition) is 1. The minimum Gasteiger partial charge on any atom is -0.497 e. The van der Waals surface area contributed by atoms with Gasteiger partial charge in [-0.05, 0) is 48.0 Å². The average Bonchev–Trinajstić information content (AvgIpc) is 3.15. The molecule has 4 rings (SSSR count). The molecule has 7 heteroatoms. The fourth-order valence-corrected chi connectivity index (χ4v) is 4.47. The highest BCUT2D eigenvalue weighted by Crippen LogP contribution is 2.43. The van der Waals surface area contributed by atoms with Gasteiger partial charge >= 0.3 is 0 Å². The molecule has 1 N–H and O–H groups in total. The van der Waals surface area contributed by atoms with Crippen LogP contribution in [0.15, 0.2) is 72.8 Å². The highest BCUT2D eigenvalue weighted by molar-refractivity contribution is 8.00. The molecule has 0 bridgehead atoms. The van der Waals surface area contributed by atoms with Crippen molar-refractivity contribution in [3.05, 3.63) is 89.7 Å². The van der Waals surface area contributed by atoms with E-state index in [0.29, 0.717) is 17.0 Å². The Balaban J connectivity index is 1.59. The Bertz CT molecular complexity index is 1110. The average molecular weight is 422 g/mol. The summed E-state index contributed by atoms with van der Waals surface area (Å²) in [6.07, 6.45) is 0. The summed E-state index contributed by atoms with van der Waals surface area (Å²) in [4.78, 5) is 26.6. The Morgan fingerprint density at radius 1 is 1.10 bits per heavy atom. The number of hydrogen-bond acceptors (Lipinski definition) is 4. The molecule has 0 aromatic heterocycles. The second-order valence-electron chi connectivity index (χ2n) is 6.69. The number of benzene rings is 3. The van der Waals surface area contributed by atoms with E-state index in [1.54, 1.807) is 61.7 Å². The molecule has 3 aromatic rings. The van der Waals surface area contributed by atoms with Gasteiger partial charge in [0.1, 0.15) is 16.9 Å². The van der Waals surface area contributed by atoms with Crippen molar-refractivity contribution in [1.82, 2.24) is 0 Å². The standard InChI is InChI=1S/C23H19FN2O3S/c1-29-18-9-5-6-15(13-18)22(28)25-17-8-4-7-16(12-17)23-26(21(27)14-30-23)20-11-3-2-10-19(20)24/h2-13,23H,14H2,1H3,(H,25,28). The summed E-state index contributed by atoms with van der Waals surface area (Å²) in [5.74, 6) is -0.00827. The van der Waals surface area contributed by atoms with Crippen molar-refractivity contribution in [2.24, 2.45) is 0 Å². The molecule has 0 radical (unpaired) electrons. The van der Waals surface area contributed by atoms with Crippen LogP contribution in [0.4, 0.5) is 15.8 Å². The number of nitrogens with zero attached hydrogens (tertiary/aromatic N) is 1. The normalized spacial score (nSPS) is 15.9. The van der Waals surface area contributed by atoms with Gasteiger partial charge in [-0.3, -0.25) is 14.5 Å². The van der Waals surface area contributed by atoms with Crippen molar-refractivity contribution in [3.63, 3.8) is 0 Å². The molecule has 0 saturated carbocycles. The smallest absolute Gasteiger partial charge is 0.255 e. The molecule has 1 atom stereocenters. The first-order valence-corrected chi connectivity index (χ1v) is 10.4. The molecule has 1 heterocycles. The van der Waals surface area contributed by atoms with Crippen LogP contribution in [0.25, 0.3) is 0 Å². The molecule has 0 spiro atoms. The van der Waals surface area contributed by atoms with Crippen LogP contribution in [0.1, 0.15) is 21.3 Å². The van der Waals surface area contributed by atoms with Gasteiger partial charge in [0.25, 0.3) is 5.91 Å². The minimum absolute atomic E-state index is 0.152. The van der Waals surface area contributed by atoms with E-state index < -0.39 is 5.82 Å². The number of carbonyl (C=O) groups excluding carboxylic acids is 2. The summed E-state index contributed by atoms with van der Waals surface area (Å²) in [5.41, 5.74) is 2.12. The van der Waals surface area contributed by atoms with Gasteiger partial charge < -0.3 is 10.1 Å². The number of ether oxygens (including phenoxy) is 1. The van der Waals surface area contributed by atoms with Crippen LogP contribution >= 0.6 is 11.8 Å². The molecular weight excluding hydrogens is 403 g/mol. The number of halogens is 1. The van der Waals surface area contributed by atoms with Crippen molar-refractivity contribution in [1.29, 1.82) is 0 Å². The Kier molecular flexibility index (Phi) is 5.72. The van der Waals surface area contributed by atoms with Crippen LogP contribution in [0, 0.1) is 5.82 Å². The van der Waals surface area contributed by atoms with E-state index in [4.69, 9.17) is 4.74 Å². The summed E-state index contributed by atoms with van der Waals surface area (Å²) < 4.78 is 19.5. The fraction of sp³-hybridized carbons (Fsp3) is 0.130. The van der Waals surface area contributed by atoms with E-state index in [2.05, 4.69) is 5.32 Å². The molecular formula is C23H19FN2O3S. The quantitative estimate of drug-likeness (QED) is 0.638. The van der Waals surface area contributed by atoms with Gasteiger partial charge in [-0.1, -0.05) is 30.3 Å². The third-order valence-corrected chi connectivity index (χ3v) is 5.95. The molecule has 1 fully saturated rings. The molecule has 0 aliphatic carbocycles. The number of para-hydroxylation sites is 1. The zero-order chi connectivity index (χ0) is 21.1. The van der Waals surface area contributed by atoms with Crippen LogP contribution in [0.2, 0.25) is 0 Å². The largest absolute Gasteiger partial charge is 0.497 e. The van der Waals surface area contributed by atoms with Gasteiger partial charge in [0.05, 0.1) is 18.6 Å². The number of methoxy groups -OCH3 is 1. The van der Waals surface area contributed by atoms with Gasteiger partial charge in [0, 0.05) is 11.3 Å². The third-order valence-electron chi connectivity index (χ3n) is 4.74. The van der Waals surface area contributed by atoms with Crippen molar-refractivity contribution >= 4 is 35.0 Å². The molecule has 2 amide bonds. The van der Waals surface area contributed by atoms with Crippen molar-refractivity contribution < 1.29 is 18.7 Å². The van der Waals surface area contributed by atoms with Gasteiger partial charge in [-0.25, -0.2) is 4.39 Å². The minimum atomic E-state index is -0.444. The van der Waals surface area contributed by atoms with E-state index >= 15 is 0 Å². The van der Waals surface area contributed by atoms with Gasteiger partial charge in [-0.15, -0.1) is 11.8 Å². The topological polar surface area (TPSA) is 58.6 Å². The zero-order valence-corrected chi connectivity index (χ0v) is 17.0. The maximum absolute atomic E-state index is 14.3. The number of nitrogens with one attached hydrogen (secondary N) is 1. The highest BCUT2D eigenvalue weighted by atomic mass is 32.2. The first-order valence-electron chi connectivity index (χ1n) is 9.30. The van der Waals surface area contributed by atoms with Crippen LogP contribution in [0.5, 0.6) is 5.75 Å². The summed E-state index contributed by atoms with van der Waals surface area (Å²) in [6.45, 7) is 0. The molecule has 1 saturated heterocycles. The summed E-state index contributed by atoms with van der Waals surface area (Å²) >= 11 is 1.42. The van der Waals surface area contributed by atoms with E-state index in [1.807, 2.05) is 12.1 Å². The fourth-order valence-electron chi connectivity index (χ4n) is 3.32. The van der Waals surface area contributed by atoms with Crippen LogP contribution in [-0.2, 0) is 4.79 Å². The van der Waals surface area contributed by atoms with Crippen LogP contribution in [-0.4, -0.2) is 24.7 Å². The predicted molar refractivity (Wildman–Crippen MR) is 116 cm³/mol. The van der Waals surface area contributed by atoms with E-state index in [1.165, 1.54) is 22.7 Å². The van der Waals surface area contributed by atoms with Crippen LogP contribution < -0.4 is 15.0 Å². The monoisotopic (exact) mass is 422 g/mol. The maximum atomic E-state index is 14.3. The molecule has 3 aromatic carbocycles.